The maximum Gasteiger partial charge on any atom is 0.213 e. The average Bonchev–Trinajstić information content (AvgIpc) is 2.14. The highest BCUT2D eigenvalue weighted by molar-refractivity contribution is 4.71. The molecule has 0 saturated heterocycles. The topological polar surface area (TPSA) is 38.9 Å². The summed E-state index contributed by atoms with van der Waals surface area (Å²) in [6.45, 7) is -0.656. The molecule has 0 amide bonds. The second kappa shape index (κ2) is 1.68. The molecule has 0 aliphatic heterocycles. The van der Waals surface area contributed by atoms with Crippen LogP contribution in [0.15, 0.2) is 10.9 Å². The molecule has 0 N–H and O–H groups in total. The average molecular weight is 102 g/mol. The van der Waals surface area contributed by atoms with Gasteiger partial charge in [-0.05, 0) is 0 Å². The summed E-state index contributed by atoms with van der Waals surface area (Å²) in [5.41, 5.74) is 0. The Morgan fingerprint density at radius 1 is 1.86 bits per heavy atom. The van der Waals surface area contributed by atoms with E-state index in [1.807, 2.05) is 0 Å². The van der Waals surface area contributed by atoms with Crippen molar-refractivity contribution in [2.45, 2.75) is 6.67 Å². The molecule has 1 aromatic rings. The molecule has 0 unspecified atom stereocenters. The van der Waals surface area contributed by atoms with Crippen molar-refractivity contribution in [2.24, 2.45) is 0 Å². The Balaban J connectivity index is 2.76. The first-order valence-corrected chi connectivity index (χ1v) is 1.74. The molecule has 1 rings (SSSR count). The quantitative estimate of drug-likeness (QED) is 0.519. The first kappa shape index (κ1) is 4.23. The molecule has 0 aromatic carbocycles. The van der Waals surface area contributed by atoms with Crippen LogP contribution in [0.5, 0.6) is 0 Å². The molecular weight excluding hydrogens is 99.0 g/mol. The van der Waals surface area contributed by atoms with Crippen molar-refractivity contribution < 1.29 is 8.91 Å². The van der Waals surface area contributed by atoms with Gasteiger partial charge in [0, 0.05) is 0 Å². The molecule has 0 aliphatic carbocycles. The lowest BCUT2D eigenvalue weighted by molar-refractivity contribution is 0.388. The normalized spacial score (nSPS) is 9.29. The molecule has 0 radical (unpaired) electrons. The van der Waals surface area contributed by atoms with E-state index in [2.05, 4.69) is 14.7 Å². The Labute approximate surface area is 39.1 Å². The van der Waals surface area contributed by atoms with Crippen LogP contribution in [0, 0.1) is 0 Å². The van der Waals surface area contributed by atoms with Crippen molar-refractivity contribution in [3.8, 4) is 0 Å². The predicted octanol–water partition coefficient (Wildman–Crippen LogP) is 0.539. The number of nitrogens with zero attached hydrogens (tertiary/aromatic N) is 2. The minimum Gasteiger partial charge on any atom is -0.343 e. The van der Waals surface area contributed by atoms with Gasteiger partial charge < -0.3 is 4.52 Å². The third-order valence-corrected chi connectivity index (χ3v) is 0.526. The number of hydrogen-bond acceptors (Lipinski definition) is 3. The molecule has 7 heavy (non-hydrogen) atoms. The van der Waals surface area contributed by atoms with Crippen molar-refractivity contribution in [3.63, 3.8) is 0 Å². The van der Waals surface area contributed by atoms with Crippen molar-refractivity contribution in [3.05, 3.63) is 12.2 Å². The molecule has 1 aromatic heterocycles. The van der Waals surface area contributed by atoms with E-state index in [0.717, 1.165) is 6.39 Å². The lowest BCUT2D eigenvalue weighted by Crippen LogP contribution is -1.77. The van der Waals surface area contributed by atoms with Crippen LogP contribution in [-0.2, 0) is 6.67 Å². The molecule has 1 heterocycles. The summed E-state index contributed by atoms with van der Waals surface area (Å²) in [6, 6.07) is 0. The summed E-state index contributed by atoms with van der Waals surface area (Å²) in [4.78, 5) is 3.38. The van der Waals surface area contributed by atoms with E-state index in [0.29, 0.717) is 0 Å². The van der Waals surface area contributed by atoms with Gasteiger partial charge in [-0.25, -0.2) is 4.39 Å². The smallest absolute Gasteiger partial charge is 0.213 e. The largest absolute Gasteiger partial charge is 0.343 e. The fourth-order valence-corrected chi connectivity index (χ4v) is 0.251. The first-order chi connectivity index (χ1) is 3.43. The van der Waals surface area contributed by atoms with E-state index in [1.165, 1.54) is 0 Å². The number of aromatic nitrogens is 2. The minimum absolute atomic E-state index is 0.0972. The van der Waals surface area contributed by atoms with Crippen LogP contribution in [0.2, 0.25) is 0 Å². The van der Waals surface area contributed by atoms with Crippen LogP contribution in [0.1, 0.15) is 5.82 Å². The van der Waals surface area contributed by atoms with E-state index < -0.39 is 6.67 Å². The molecule has 38 valence electrons. The van der Waals surface area contributed by atoms with Crippen LogP contribution in [0.4, 0.5) is 4.39 Å². The predicted molar refractivity (Wildman–Crippen MR) is 19.1 cm³/mol. The van der Waals surface area contributed by atoms with Gasteiger partial charge in [0.25, 0.3) is 0 Å². The zero-order valence-electron chi connectivity index (χ0n) is 3.47. The van der Waals surface area contributed by atoms with E-state index in [9.17, 15) is 4.39 Å². The summed E-state index contributed by atoms with van der Waals surface area (Å²) in [6.07, 6.45) is 1.09. The third-order valence-electron chi connectivity index (χ3n) is 0.526. The maximum absolute atomic E-state index is 11.4. The Morgan fingerprint density at radius 2 is 2.71 bits per heavy atom. The number of halogens is 1. The van der Waals surface area contributed by atoms with Crippen LogP contribution in [0.3, 0.4) is 0 Å². The monoisotopic (exact) mass is 102 g/mol. The van der Waals surface area contributed by atoms with Gasteiger partial charge in [0.05, 0.1) is 0 Å². The Hall–Kier alpha value is -0.930. The summed E-state index contributed by atoms with van der Waals surface area (Å²) in [5.74, 6) is 0.0972. The molecule has 0 aliphatic rings. The standard InChI is InChI=1S/C3H3FN2O/c4-1-3-5-2-7-6-3/h2H,1H2. The molecule has 0 fully saturated rings. The Morgan fingerprint density at radius 3 is 3.00 bits per heavy atom. The van der Waals surface area contributed by atoms with Crippen LogP contribution in [-0.4, -0.2) is 10.1 Å². The Kier molecular flexibility index (Phi) is 1.02. The highest BCUT2D eigenvalue weighted by Gasteiger charge is 1.91. The van der Waals surface area contributed by atoms with Crippen molar-refractivity contribution in [2.75, 3.05) is 0 Å². The van der Waals surface area contributed by atoms with Gasteiger partial charge >= 0.3 is 0 Å². The zero-order chi connectivity index (χ0) is 5.11. The summed E-state index contributed by atoms with van der Waals surface area (Å²) >= 11 is 0. The van der Waals surface area contributed by atoms with Gasteiger partial charge in [-0.3, -0.25) is 0 Å². The van der Waals surface area contributed by atoms with Crippen LogP contribution in [0.25, 0.3) is 0 Å². The second-order valence-corrected chi connectivity index (χ2v) is 0.981. The third kappa shape index (κ3) is 0.734. The van der Waals surface area contributed by atoms with Crippen LogP contribution >= 0.6 is 0 Å². The zero-order valence-corrected chi connectivity index (χ0v) is 3.47. The molecule has 0 atom stereocenters. The molecule has 3 nitrogen and oxygen atoms in total. The van der Waals surface area contributed by atoms with Crippen molar-refractivity contribution >= 4 is 0 Å². The van der Waals surface area contributed by atoms with Gasteiger partial charge in [-0.1, -0.05) is 5.16 Å². The Bertz CT molecular complexity index is 127. The lowest BCUT2D eigenvalue weighted by atomic mass is 10.7. The summed E-state index contributed by atoms with van der Waals surface area (Å²) in [5, 5.41) is 3.17. The SMILES string of the molecule is FCc1ncon1. The molecule has 0 spiro atoms. The van der Waals surface area contributed by atoms with Crippen molar-refractivity contribution in [1.82, 2.24) is 10.1 Å². The van der Waals surface area contributed by atoms with Gasteiger partial charge in [-0.2, -0.15) is 4.98 Å². The first-order valence-electron chi connectivity index (χ1n) is 1.74. The highest BCUT2D eigenvalue weighted by atomic mass is 19.1. The fourth-order valence-electron chi connectivity index (χ4n) is 0.251. The van der Waals surface area contributed by atoms with Crippen LogP contribution < -0.4 is 0 Å². The van der Waals surface area contributed by atoms with Crippen molar-refractivity contribution in [1.29, 1.82) is 0 Å². The summed E-state index contributed by atoms with van der Waals surface area (Å²) in [7, 11) is 0. The van der Waals surface area contributed by atoms with Gasteiger partial charge in [0.1, 0.15) is 0 Å². The number of alkyl halides is 1. The van der Waals surface area contributed by atoms with Gasteiger partial charge in [-0.15, -0.1) is 0 Å². The summed E-state index contributed by atoms with van der Waals surface area (Å²) < 4.78 is 15.6. The van der Waals surface area contributed by atoms with E-state index in [4.69, 9.17) is 0 Å². The van der Waals surface area contributed by atoms with Gasteiger partial charge in [0.2, 0.25) is 12.2 Å². The van der Waals surface area contributed by atoms with E-state index in [1.54, 1.807) is 0 Å². The molecule has 0 saturated carbocycles. The number of rotatable bonds is 1. The minimum atomic E-state index is -0.656. The number of hydrogen-bond donors (Lipinski definition) is 0. The fraction of sp³-hybridized carbons (Fsp3) is 0.333. The molecule has 0 bridgehead atoms. The second-order valence-electron chi connectivity index (χ2n) is 0.981. The molecular formula is C3H3FN2O. The van der Waals surface area contributed by atoms with E-state index >= 15 is 0 Å². The molecule has 4 heteroatoms. The highest BCUT2D eigenvalue weighted by Crippen LogP contribution is 1.87. The van der Waals surface area contributed by atoms with E-state index in [-0.39, 0.29) is 5.82 Å². The van der Waals surface area contributed by atoms with Gasteiger partial charge in [0.15, 0.2) is 6.67 Å². The maximum atomic E-state index is 11.4. The lowest BCUT2D eigenvalue weighted by Gasteiger charge is -1.70.